The minimum absolute atomic E-state index is 0.116. The lowest BCUT2D eigenvalue weighted by atomic mass is 10.0. The third kappa shape index (κ3) is 2.17. The Morgan fingerprint density at radius 2 is 2.25 bits per heavy atom. The summed E-state index contributed by atoms with van der Waals surface area (Å²) in [6.45, 7) is 5.80. The van der Waals surface area contributed by atoms with Crippen LogP contribution in [0.4, 0.5) is 0 Å². The molecule has 1 aromatic carbocycles. The molecule has 0 bridgehead atoms. The van der Waals surface area contributed by atoms with E-state index in [-0.39, 0.29) is 5.91 Å². The third-order valence-electron chi connectivity index (χ3n) is 4.12. The van der Waals surface area contributed by atoms with E-state index in [1.54, 1.807) is 0 Å². The summed E-state index contributed by atoms with van der Waals surface area (Å²) in [4.78, 5) is 14.6. The van der Waals surface area contributed by atoms with Crippen molar-refractivity contribution in [1.82, 2.24) is 19.9 Å². The minimum atomic E-state index is 0.116. The van der Waals surface area contributed by atoms with E-state index in [0.29, 0.717) is 6.04 Å². The van der Waals surface area contributed by atoms with Crippen LogP contribution in [0.3, 0.4) is 0 Å². The summed E-state index contributed by atoms with van der Waals surface area (Å²) in [6.07, 6.45) is 3.42. The molecule has 1 aromatic heterocycles. The first-order valence-electron chi connectivity index (χ1n) is 7.35. The maximum atomic E-state index is 12.6. The van der Waals surface area contributed by atoms with Crippen molar-refractivity contribution < 1.29 is 4.79 Å². The molecule has 0 radical (unpaired) electrons. The molecule has 0 N–H and O–H groups in total. The van der Waals surface area contributed by atoms with Crippen LogP contribution in [-0.4, -0.2) is 38.4 Å². The standard InChI is InChI=1S/C15H20N4O/c1-3-19-14-8-7-12(10-13(14)16-17-19)15(20)18-9-5-4-6-11(18)2/h7-8,10-11H,3-6,9H2,1-2H3. The average molecular weight is 272 g/mol. The molecule has 2 aromatic rings. The van der Waals surface area contributed by atoms with Crippen LogP contribution in [0.5, 0.6) is 0 Å². The Bertz CT molecular complexity index is 634. The van der Waals surface area contributed by atoms with E-state index in [2.05, 4.69) is 17.2 Å². The number of piperidine rings is 1. The fourth-order valence-electron chi connectivity index (χ4n) is 2.90. The highest BCUT2D eigenvalue weighted by atomic mass is 16.2. The van der Waals surface area contributed by atoms with Gasteiger partial charge < -0.3 is 4.90 Å². The molecular weight excluding hydrogens is 252 g/mol. The van der Waals surface area contributed by atoms with E-state index in [1.807, 2.05) is 34.7 Å². The molecule has 5 heteroatoms. The monoisotopic (exact) mass is 272 g/mol. The molecule has 1 aliphatic rings. The van der Waals surface area contributed by atoms with Gasteiger partial charge in [-0.2, -0.15) is 0 Å². The number of hydrogen-bond donors (Lipinski definition) is 0. The molecule has 1 amide bonds. The first-order valence-corrected chi connectivity index (χ1v) is 7.35. The molecule has 1 aliphatic heterocycles. The quantitative estimate of drug-likeness (QED) is 0.844. The normalized spacial score (nSPS) is 19.5. The van der Waals surface area contributed by atoms with Crippen molar-refractivity contribution in [3.63, 3.8) is 0 Å². The fraction of sp³-hybridized carbons (Fsp3) is 0.533. The zero-order chi connectivity index (χ0) is 14.1. The number of fused-ring (bicyclic) bond motifs is 1. The highest BCUT2D eigenvalue weighted by Gasteiger charge is 2.24. The molecule has 1 saturated heterocycles. The maximum absolute atomic E-state index is 12.6. The lowest BCUT2D eigenvalue weighted by Crippen LogP contribution is -2.42. The van der Waals surface area contributed by atoms with E-state index in [9.17, 15) is 4.79 Å². The predicted octanol–water partition coefficient (Wildman–Crippen LogP) is 2.47. The number of hydrogen-bond acceptors (Lipinski definition) is 3. The number of carbonyl (C=O) groups excluding carboxylic acids is 1. The van der Waals surface area contributed by atoms with Gasteiger partial charge in [0.2, 0.25) is 0 Å². The largest absolute Gasteiger partial charge is 0.336 e. The lowest BCUT2D eigenvalue weighted by Gasteiger charge is -2.33. The Morgan fingerprint density at radius 3 is 3.00 bits per heavy atom. The molecule has 3 rings (SSSR count). The van der Waals surface area contributed by atoms with Crippen LogP contribution in [0, 0.1) is 0 Å². The summed E-state index contributed by atoms with van der Waals surface area (Å²) in [5, 5.41) is 8.22. The summed E-state index contributed by atoms with van der Waals surface area (Å²) >= 11 is 0. The van der Waals surface area contributed by atoms with Crippen LogP contribution in [0.2, 0.25) is 0 Å². The molecule has 5 nitrogen and oxygen atoms in total. The first kappa shape index (κ1) is 13.1. The lowest BCUT2D eigenvalue weighted by molar-refractivity contribution is 0.0636. The average Bonchev–Trinajstić information content (AvgIpc) is 2.89. The number of rotatable bonds is 2. The second-order valence-corrected chi connectivity index (χ2v) is 5.45. The second kappa shape index (κ2) is 5.23. The van der Waals surface area contributed by atoms with Crippen molar-refractivity contribution in [2.24, 2.45) is 0 Å². The van der Waals surface area contributed by atoms with Gasteiger partial charge in [-0.05, 0) is 51.3 Å². The van der Waals surface area contributed by atoms with Crippen molar-refractivity contribution in [2.45, 2.75) is 45.7 Å². The Balaban J connectivity index is 1.91. The Labute approximate surface area is 118 Å². The summed E-state index contributed by atoms with van der Waals surface area (Å²) in [7, 11) is 0. The fourth-order valence-corrected chi connectivity index (χ4v) is 2.90. The van der Waals surface area contributed by atoms with Gasteiger partial charge in [0, 0.05) is 24.7 Å². The number of likely N-dealkylation sites (tertiary alicyclic amines) is 1. The van der Waals surface area contributed by atoms with Gasteiger partial charge in [-0.3, -0.25) is 4.79 Å². The van der Waals surface area contributed by atoms with Gasteiger partial charge in [-0.15, -0.1) is 5.10 Å². The molecule has 1 fully saturated rings. The molecule has 0 spiro atoms. The highest BCUT2D eigenvalue weighted by molar-refractivity contribution is 5.97. The van der Waals surface area contributed by atoms with Crippen molar-refractivity contribution in [3.8, 4) is 0 Å². The number of amides is 1. The molecular formula is C15H20N4O. The summed E-state index contributed by atoms with van der Waals surface area (Å²) in [6, 6.07) is 6.03. The molecule has 2 heterocycles. The van der Waals surface area contributed by atoms with Crippen molar-refractivity contribution >= 4 is 16.9 Å². The third-order valence-corrected chi connectivity index (χ3v) is 4.12. The summed E-state index contributed by atoms with van der Waals surface area (Å²) in [5.74, 6) is 0.116. The molecule has 1 unspecified atom stereocenters. The van der Waals surface area contributed by atoms with E-state index in [1.165, 1.54) is 6.42 Å². The maximum Gasteiger partial charge on any atom is 0.254 e. The minimum Gasteiger partial charge on any atom is -0.336 e. The van der Waals surface area contributed by atoms with Crippen LogP contribution in [0.15, 0.2) is 18.2 Å². The summed E-state index contributed by atoms with van der Waals surface area (Å²) in [5.41, 5.74) is 2.49. The smallest absolute Gasteiger partial charge is 0.254 e. The number of carbonyl (C=O) groups is 1. The summed E-state index contributed by atoms with van der Waals surface area (Å²) < 4.78 is 1.84. The zero-order valence-corrected chi connectivity index (χ0v) is 12.0. The van der Waals surface area contributed by atoms with Crippen molar-refractivity contribution in [1.29, 1.82) is 0 Å². The molecule has 0 saturated carbocycles. The Morgan fingerprint density at radius 1 is 1.40 bits per heavy atom. The van der Waals surface area contributed by atoms with E-state index in [4.69, 9.17) is 0 Å². The van der Waals surface area contributed by atoms with E-state index >= 15 is 0 Å². The number of aromatic nitrogens is 3. The Hall–Kier alpha value is -1.91. The zero-order valence-electron chi connectivity index (χ0n) is 12.0. The number of aryl methyl sites for hydroxylation is 1. The van der Waals surface area contributed by atoms with Gasteiger partial charge in [0.25, 0.3) is 5.91 Å². The van der Waals surface area contributed by atoms with Gasteiger partial charge >= 0.3 is 0 Å². The Kier molecular flexibility index (Phi) is 3.42. The second-order valence-electron chi connectivity index (χ2n) is 5.45. The SMILES string of the molecule is CCn1nnc2cc(C(=O)N3CCCCC3C)ccc21. The van der Waals surface area contributed by atoms with E-state index < -0.39 is 0 Å². The van der Waals surface area contributed by atoms with Crippen LogP contribution >= 0.6 is 0 Å². The number of benzene rings is 1. The molecule has 20 heavy (non-hydrogen) atoms. The highest BCUT2D eigenvalue weighted by Crippen LogP contribution is 2.21. The molecule has 1 atom stereocenters. The molecule has 106 valence electrons. The van der Waals surface area contributed by atoms with Crippen LogP contribution < -0.4 is 0 Å². The number of nitrogens with zero attached hydrogens (tertiary/aromatic N) is 4. The first-order chi connectivity index (χ1) is 9.70. The van der Waals surface area contributed by atoms with Gasteiger partial charge in [0.05, 0.1) is 5.52 Å². The van der Waals surface area contributed by atoms with Crippen molar-refractivity contribution in [2.75, 3.05) is 6.54 Å². The van der Waals surface area contributed by atoms with Gasteiger partial charge in [-0.1, -0.05) is 5.21 Å². The predicted molar refractivity (Wildman–Crippen MR) is 77.6 cm³/mol. The topological polar surface area (TPSA) is 51.0 Å². The van der Waals surface area contributed by atoms with Gasteiger partial charge in [-0.25, -0.2) is 4.68 Å². The van der Waals surface area contributed by atoms with Gasteiger partial charge in [0.1, 0.15) is 5.52 Å². The van der Waals surface area contributed by atoms with Crippen molar-refractivity contribution in [3.05, 3.63) is 23.8 Å². The van der Waals surface area contributed by atoms with Crippen LogP contribution in [-0.2, 0) is 6.54 Å². The molecule has 0 aliphatic carbocycles. The van der Waals surface area contributed by atoms with Gasteiger partial charge in [0.15, 0.2) is 0 Å². The van der Waals surface area contributed by atoms with E-state index in [0.717, 1.165) is 42.5 Å². The van der Waals surface area contributed by atoms with Crippen LogP contribution in [0.1, 0.15) is 43.5 Å². The van der Waals surface area contributed by atoms with Crippen LogP contribution in [0.25, 0.3) is 11.0 Å².